The normalized spacial score (nSPS) is 11.5. The van der Waals surface area contributed by atoms with E-state index in [2.05, 4.69) is 0 Å². The van der Waals surface area contributed by atoms with E-state index in [1.54, 1.807) is 44.6 Å². The molecule has 0 amide bonds. The number of carbonyl (C=O) groups is 1. The molecule has 6 heteroatoms. The zero-order valence-corrected chi connectivity index (χ0v) is 23.0. The van der Waals surface area contributed by atoms with Crippen LogP contribution in [-0.4, -0.2) is 25.1 Å². The van der Waals surface area contributed by atoms with Crippen LogP contribution in [0.4, 0.5) is 0 Å². The van der Waals surface area contributed by atoms with Crippen LogP contribution in [0, 0.1) is 0 Å². The molecule has 4 rings (SSSR count). The predicted molar refractivity (Wildman–Crippen MR) is 161 cm³/mol. The van der Waals surface area contributed by atoms with Crippen molar-refractivity contribution in [3.05, 3.63) is 143 Å². The maximum absolute atomic E-state index is 12.4. The van der Waals surface area contributed by atoms with Crippen molar-refractivity contribution in [2.24, 2.45) is 0 Å². The molecule has 6 nitrogen and oxygen atoms in total. The van der Waals surface area contributed by atoms with E-state index in [1.807, 2.05) is 78.9 Å². The number of hydrogen-bond donors (Lipinski definition) is 1. The summed E-state index contributed by atoms with van der Waals surface area (Å²) in [6, 6.07) is 30.6. The van der Waals surface area contributed by atoms with Crippen molar-refractivity contribution in [2.75, 3.05) is 14.2 Å². The Morgan fingerprint density at radius 1 is 0.634 bits per heavy atom. The number of ketones is 1. The Morgan fingerprint density at radius 3 is 1.56 bits per heavy atom. The van der Waals surface area contributed by atoms with E-state index >= 15 is 0 Å². The second-order valence-corrected chi connectivity index (χ2v) is 9.01. The van der Waals surface area contributed by atoms with Crippen LogP contribution in [0.25, 0.3) is 12.2 Å². The van der Waals surface area contributed by atoms with Gasteiger partial charge in [-0.05, 0) is 58.7 Å². The summed E-state index contributed by atoms with van der Waals surface area (Å²) in [5.74, 6) is 1.81. The first-order valence-electron chi connectivity index (χ1n) is 13.0. The zero-order valence-electron chi connectivity index (χ0n) is 23.0. The molecule has 4 aromatic rings. The molecule has 0 fully saturated rings. The fourth-order valence-corrected chi connectivity index (χ4v) is 3.89. The van der Waals surface area contributed by atoms with Crippen LogP contribution in [-0.2, 0) is 18.0 Å². The molecule has 0 aromatic heterocycles. The number of aliphatic hydroxyl groups is 1. The Kier molecular flexibility index (Phi) is 10.4. The molecule has 0 atom stereocenters. The van der Waals surface area contributed by atoms with E-state index in [1.165, 1.54) is 12.2 Å². The predicted octanol–water partition coefficient (Wildman–Crippen LogP) is 7.60. The third kappa shape index (κ3) is 8.90. The number of allylic oxidation sites excluding steroid dienone is 3. The largest absolute Gasteiger partial charge is 0.508 e. The second-order valence-electron chi connectivity index (χ2n) is 9.01. The number of carbonyl (C=O) groups excluding carboxylic acids is 1. The van der Waals surface area contributed by atoms with Crippen molar-refractivity contribution < 1.29 is 28.8 Å². The highest BCUT2D eigenvalue weighted by Gasteiger charge is 2.07. The lowest BCUT2D eigenvalue weighted by Gasteiger charge is -2.11. The highest BCUT2D eigenvalue weighted by Crippen LogP contribution is 2.30. The van der Waals surface area contributed by atoms with Crippen molar-refractivity contribution >= 4 is 17.9 Å². The number of aliphatic hydroxyl groups excluding tert-OH is 1. The summed E-state index contributed by atoms with van der Waals surface area (Å²) in [5, 5.41) is 10.3. The maximum Gasteiger partial charge on any atom is 0.182 e. The number of benzene rings is 4. The van der Waals surface area contributed by atoms with Crippen molar-refractivity contribution in [3.8, 4) is 23.0 Å². The quantitative estimate of drug-likeness (QED) is 0.105. The van der Waals surface area contributed by atoms with Gasteiger partial charge in [-0.15, -0.1) is 0 Å². The van der Waals surface area contributed by atoms with Crippen LogP contribution in [0.15, 0.2) is 121 Å². The minimum absolute atomic E-state index is 0.176. The van der Waals surface area contributed by atoms with Gasteiger partial charge in [0.25, 0.3) is 0 Å². The average Bonchev–Trinajstić information content (AvgIpc) is 3.02. The molecule has 1 N–H and O–H groups in total. The van der Waals surface area contributed by atoms with E-state index in [-0.39, 0.29) is 11.5 Å². The summed E-state index contributed by atoms with van der Waals surface area (Å²) >= 11 is 0. The van der Waals surface area contributed by atoms with Gasteiger partial charge in [-0.2, -0.15) is 0 Å². The Morgan fingerprint density at radius 2 is 1.10 bits per heavy atom. The topological polar surface area (TPSA) is 74.2 Å². The summed E-state index contributed by atoms with van der Waals surface area (Å²) in [7, 11) is 3.14. The summed E-state index contributed by atoms with van der Waals surface area (Å²) in [4.78, 5) is 12.4. The number of methoxy groups -OCH3 is 2. The molecule has 4 aromatic carbocycles. The molecule has 0 unspecified atom stereocenters. The van der Waals surface area contributed by atoms with Crippen molar-refractivity contribution in [3.63, 3.8) is 0 Å². The van der Waals surface area contributed by atoms with Crippen LogP contribution >= 0.6 is 0 Å². The van der Waals surface area contributed by atoms with E-state index < -0.39 is 0 Å². The molecule has 0 radical (unpaired) electrons. The van der Waals surface area contributed by atoms with Gasteiger partial charge in [0.1, 0.15) is 19.0 Å². The smallest absolute Gasteiger partial charge is 0.182 e. The number of hydrogen-bond acceptors (Lipinski definition) is 6. The first kappa shape index (κ1) is 28.8. The standard InChI is InChI=1S/C35H32O6/c1-38-34-21-26(15-19-32(34)40-24-28-9-5-3-6-10-28)13-17-30(36)23-31(37)18-14-27-16-20-33(35(22-27)39-2)41-25-29-11-7-4-8-12-29/h3-23,36H,24-25H2,1-2H3/b17-13+,18-14+,30-23?. The van der Waals surface area contributed by atoms with Gasteiger partial charge < -0.3 is 24.1 Å². The summed E-state index contributed by atoms with van der Waals surface area (Å²) in [5.41, 5.74) is 3.64. The molecule has 0 aliphatic rings. The molecule has 0 spiro atoms. The minimum atomic E-state index is -0.363. The highest BCUT2D eigenvalue weighted by molar-refractivity contribution is 6.02. The summed E-state index contributed by atoms with van der Waals surface area (Å²) < 4.78 is 22.7. The van der Waals surface area contributed by atoms with Gasteiger partial charge in [-0.25, -0.2) is 0 Å². The molecular formula is C35H32O6. The molecule has 41 heavy (non-hydrogen) atoms. The SMILES string of the molecule is COc1cc(/C=C/C(=O)C=C(O)/C=C/c2ccc(OCc3ccccc3)c(OC)c2)ccc1OCc1ccccc1. The third-order valence-corrected chi connectivity index (χ3v) is 6.03. The first-order chi connectivity index (χ1) is 20.0. The highest BCUT2D eigenvalue weighted by atomic mass is 16.5. The van der Waals surface area contributed by atoms with E-state index in [0.29, 0.717) is 36.2 Å². The molecule has 0 saturated carbocycles. The lowest BCUT2D eigenvalue weighted by molar-refractivity contribution is -0.110. The molecule has 208 valence electrons. The minimum Gasteiger partial charge on any atom is -0.508 e. The van der Waals surface area contributed by atoms with Gasteiger partial charge in [-0.1, -0.05) is 84.9 Å². The first-order valence-corrected chi connectivity index (χ1v) is 13.0. The maximum atomic E-state index is 12.4. The fourth-order valence-electron chi connectivity index (χ4n) is 3.89. The number of ether oxygens (including phenoxy) is 4. The van der Waals surface area contributed by atoms with Crippen LogP contribution in [0.2, 0.25) is 0 Å². The molecule has 0 aliphatic heterocycles. The molecule has 0 saturated heterocycles. The van der Waals surface area contributed by atoms with Crippen LogP contribution < -0.4 is 18.9 Å². The van der Waals surface area contributed by atoms with Crippen molar-refractivity contribution in [1.82, 2.24) is 0 Å². The van der Waals surface area contributed by atoms with Crippen LogP contribution in [0.1, 0.15) is 22.3 Å². The second kappa shape index (κ2) is 14.8. The molecule has 0 bridgehead atoms. The van der Waals surface area contributed by atoms with Gasteiger partial charge in [0.15, 0.2) is 28.8 Å². The summed E-state index contributed by atoms with van der Waals surface area (Å²) in [6.45, 7) is 0.839. The zero-order chi connectivity index (χ0) is 28.9. The Bertz CT molecular complexity index is 1520. The Labute approximate surface area is 240 Å². The van der Waals surface area contributed by atoms with Crippen LogP contribution in [0.5, 0.6) is 23.0 Å². The van der Waals surface area contributed by atoms with Crippen LogP contribution in [0.3, 0.4) is 0 Å². The molecule has 0 heterocycles. The van der Waals surface area contributed by atoms with E-state index in [9.17, 15) is 9.90 Å². The van der Waals surface area contributed by atoms with Gasteiger partial charge in [-0.3, -0.25) is 4.79 Å². The van der Waals surface area contributed by atoms with Crippen molar-refractivity contribution in [2.45, 2.75) is 13.2 Å². The van der Waals surface area contributed by atoms with Gasteiger partial charge in [0.2, 0.25) is 0 Å². The Balaban J connectivity index is 1.34. The monoisotopic (exact) mass is 548 g/mol. The lowest BCUT2D eigenvalue weighted by atomic mass is 10.1. The summed E-state index contributed by atoms with van der Waals surface area (Å²) in [6.07, 6.45) is 7.32. The number of rotatable bonds is 13. The molecule has 0 aliphatic carbocycles. The Hall–Kier alpha value is -5.23. The average molecular weight is 549 g/mol. The van der Waals surface area contributed by atoms with Gasteiger partial charge in [0.05, 0.1) is 14.2 Å². The molecular weight excluding hydrogens is 516 g/mol. The lowest BCUT2D eigenvalue weighted by Crippen LogP contribution is -1.97. The van der Waals surface area contributed by atoms with E-state index in [4.69, 9.17) is 18.9 Å². The van der Waals surface area contributed by atoms with Gasteiger partial charge >= 0.3 is 0 Å². The van der Waals surface area contributed by atoms with Crippen molar-refractivity contribution in [1.29, 1.82) is 0 Å². The van der Waals surface area contributed by atoms with E-state index in [0.717, 1.165) is 28.3 Å². The van der Waals surface area contributed by atoms with Gasteiger partial charge in [0, 0.05) is 6.08 Å². The third-order valence-electron chi connectivity index (χ3n) is 6.03. The fraction of sp³-hybridized carbons (Fsp3) is 0.114.